The van der Waals surface area contributed by atoms with E-state index in [1.54, 1.807) is 12.1 Å². The third-order valence-corrected chi connectivity index (χ3v) is 3.57. The van der Waals surface area contributed by atoms with Gasteiger partial charge in [0.1, 0.15) is 17.5 Å². The van der Waals surface area contributed by atoms with Crippen molar-refractivity contribution < 1.29 is 17.9 Å². The Kier molecular flexibility index (Phi) is 4.83. The van der Waals surface area contributed by atoms with Crippen LogP contribution in [0, 0.1) is 17.5 Å². The fraction of sp³-hybridized carbons (Fsp3) is 0.200. The van der Waals surface area contributed by atoms with Crippen molar-refractivity contribution in [2.24, 2.45) is 0 Å². The Bertz CT molecular complexity index is 596. The van der Waals surface area contributed by atoms with E-state index in [9.17, 15) is 13.2 Å². The molecule has 20 heavy (non-hydrogen) atoms. The molecule has 2 aromatic carbocycles. The van der Waals surface area contributed by atoms with Crippen molar-refractivity contribution in [3.63, 3.8) is 0 Å². The van der Waals surface area contributed by atoms with Crippen LogP contribution in [0.1, 0.15) is 17.0 Å². The van der Waals surface area contributed by atoms with Crippen LogP contribution in [0.3, 0.4) is 0 Å². The van der Waals surface area contributed by atoms with Gasteiger partial charge in [0.15, 0.2) is 0 Å². The molecular weight excluding hydrogens is 333 g/mol. The van der Waals surface area contributed by atoms with Crippen LogP contribution in [0.25, 0.3) is 0 Å². The maximum atomic E-state index is 13.3. The summed E-state index contributed by atoms with van der Waals surface area (Å²) in [7, 11) is 1.50. The van der Waals surface area contributed by atoms with Gasteiger partial charge in [-0.15, -0.1) is 0 Å². The lowest BCUT2D eigenvalue weighted by molar-refractivity contribution is 0.189. The van der Waals surface area contributed by atoms with Crippen LogP contribution in [0.2, 0.25) is 0 Å². The minimum Gasteiger partial charge on any atom is -0.384 e. The summed E-state index contributed by atoms with van der Waals surface area (Å²) in [6, 6.07) is 7.79. The van der Waals surface area contributed by atoms with Crippen LogP contribution in [0.5, 0.6) is 0 Å². The molecule has 0 aliphatic carbocycles. The molecule has 106 valence electrons. The van der Waals surface area contributed by atoms with Gasteiger partial charge in [-0.2, -0.15) is 0 Å². The van der Waals surface area contributed by atoms with Crippen molar-refractivity contribution in [2.45, 2.75) is 5.92 Å². The molecule has 1 unspecified atom stereocenters. The predicted octanol–water partition coefficient (Wildman–Crippen LogP) is 4.64. The van der Waals surface area contributed by atoms with Gasteiger partial charge in [0.25, 0.3) is 0 Å². The van der Waals surface area contributed by atoms with Gasteiger partial charge in [-0.1, -0.05) is 6.07 Å². The molecule has 0 aromatic heterocycles. The Labute approximate surface area is 123 Å². The largest absolute Gasteiger partial charge is 0.384 e. The third-order valence-electron chi connectivity index (χ3n) is 2.97. The molecule has 0 radical (unpaired) electrons. The molecule has 0 aliphatic heterocycles. The molecule has 1 nitrogen and oxygen atoms in total. The number of ether oxygens (including phenoxy) is 1. The topological polar surface area (TPSA) is 9.23 Å². The number of hydrogen-bond acceptors (Lipinski definition) is 1. The van der Waals surface area contributed by atoms with E-state index in [0.717, 1.165) is 6.07 Å². The van der Waals surface area contributed by atoms with Gasteiger partial charge in [0, 0.05) is 19.1 Å². The van der Waals surface area contributed by atoms with Crippen LogP contribution >= 0.6 is 15.9 Å². The first-order valence-corrected chi connectivity index (χ1v) is 6.70. The normalized spacial score (nSPS) is 12.4. The summed E-state index contributed by atoms with van der Waals surface area (Å²) in [6.07, 6.45) is 0. The molecular formula is C15H12BrF3O. The van der Waals surface area contributed by atoms with Crippen LogP contribution in [-0.4, -0.2) is 13.7 Å². The minimum absolute atomic E-state index is 0.237. The first-order valence-electron chi connectivity index (χ1n) is 5.91. The van der Waals surface area contributed by atoms with E-state index in [1.807, 2.05) is 0 Å². The van der Waals surface area contributed by atoms with Gasteiger partial charge in [0.05, 0.1) is 11.1 Å². The molecule has 1 atom stereocenters. The molecule has 0 fully saturated rings. The highest BCUT2D eigenvalue weighted by molar-refractivity contribution is 9.10. The zero-order chi connectivity index (χ0) is 14.7. The Hall–Kier alpha value is -1.33. The number of rotatable bonds is 4. The van der Waals surface area contributed by atoms with Crippen molar-refractivity contribution in [3.05, 3.63) is 69.4 Å². The highest BCUT2D eigenvalue weighted by Gasteiger charge is 2.17. The molecule has 0 spiro atoms. The molecule has 0 bridgehead atoms. The zero-order valence-electron chi connectivity index (χ0n) is 10.7. The van der Waals surface area contributed by atoms with Gasteiger partial charge < -0.3 is 4.74 Å². The molecule has 5 heteroatoms. The smallest absolute Gasteiger partial charge is 0.137 e. The van der Waals surface area contributed by atoms with Gasteiger partial charge in [-0.25, -0.2) is 13.2 Å². The van der Waals surface area contributed by atoms with E-state index in [4.69, 9.17) is 4.74 Å². The average Bonchev–Trinajstić information content (AvgIpc) is 2.38. The summed E-state index contributed by atoms with van der Waals surface area (Å²) in [5.74, 6) is -2.07. The second-order valence-electron chi connectivity index (χ2n) is 4.38. The zero-order valence-corrected chi connectivity index (χ0v) is 12.3. The van der Waals surface area contributed by atoms with Crippen LogP contribution in [0.15, 0.2) is 40.9 Å². The molecule has 0 N–H and O–H groups in total. The van der Waals surface area contributed by atoms with Crippen LogP contribution < -0.4 is 0 Å². The van der Waals surface area contributed by atoms with Crippen LogP contribution in [0.4, 0.5) is 13.2 Å². The van der Waals surface area contributed by atoms with E-state index >= 15 is 0 Å². The van der Waals surface area contributed by atoms with E-state index < -0.39 is 17.5 Å². The summed E-state index contributed by atoms with van der Waals surface area (Å²) in [6.45, 7) is 0.237. The number of hydrogen-bond donors (Lipinski definition) is 0. The first-order chi connectivity index (χ1) is 9.51. The van der Waals surface area contributed by atoms with Gasteiger partial charge >= 0.3 is 0 Å². The lowest BCUT2D eigenvalue weighted by Crippen LogP contribution is -2.09. The Morgan fingerprint density at radius 2 is 1.65 bits per heavy atom. The Morgan fingerprint density at radius 1 is 1.00 bits per heavy atom. The standard InChI is InChI=1S/C15H12BrF3O/c1-20-8-13(9-2-3-15(19)14(16)6-9)10-4-11(17)7-12(18)5-10/h2-7,13H,8H2,1H3. The van der Waals surface area contributed by atoms with Crippen LogP contribution in [-0.2, 0) is 4.74 Å². The maximum absolute atomic E-state index is 13.3. The van der Waals surface area contributed by atoms with E-state index in [0.29, 0.717) is 15.6 Å². The highest BCUT2D eigenvalue weighted by atomic mass is 79.9. The highest BCUT2D eigenvalue weighted by Crippen LogP contribution is 2.29. The molecule has 0 saturated heterocycles. The molecule has 2 rings (SSSR count). The van der Waals surface area contributed by atoms with E-state index in [1.165, 1.54) is 25.3 Å². The van der Waals surface area contributed by atoms with Crippen molar-refractivity contribution in [1.29, 1.82) is 0 Å². The Balaban J connectivity index is 2.46. The summed E-state index contributed by atoms with van der Waals surface area (Å²) >= 11 is 3.10. The maximum Gasteiger partial charge on any atom is 0.137 e. The van der Waals surface area contributed by atoms with Crippen molar-refractivity contribution in [1.82, 2.24) is 0 Å². The number of benzene rings is 2. The first kappa shape index (κ1) is 15.1. The summed E-state index contributed by atoms with van der Waals surface area (Å²) in [5, 5.41) is 0. The van der Waals surface area contributed by atoms with Gasteiger partial charge in [-0.05, 0) is 51.3 Å². The van der Waals surface area contributed by atoms with E-state index in [2.05, 4.69) is 15.9 Å². The number of methoxy groups -OCH3 is 1. The van der Waals surface area contributed by atoms with Crippen molar-refractivity contribution in [3.8, 4) is 0 Å². The fourth-order valence-corrected chi connectivity index (χ4v) is 2.45. The lowest BCUT2D eigenvalue weighted by atomic mass is 9.92. The molecule has 0 heterocycles. The van der Waals surface area contributed by atoms with Gasteiger partial charge in [-0.3, -0.25) is 0 Å². The minimum atomic E-state index is -0.651. The third kappa shape index (κ3) is 3.41. The average molecular weight is 345 g/mol. The summed E-state index contributed by atoms with van der Waals surface area (Å²) in [5.41, 5.74) is 1.16. The van der Waals surface area contributed by atoms with Crippen molar-refractivity contribution in [2.75, 3.05) is 13.7 Å². The van der Waals surface area contributed by atoms with Gasteiger partial charge in [0.2, 0.25) is 0 Å². The van der Waals surface area contributed by atoms with Crippen molar-refractivity contribution >= 4 is 15.9 Å². The lowest BCUT2D eigenvalue weighted by Gasteiger charge is -2.18. The van der Waals surface area contributed by atoms with E-state index in [-0.39, 0.29) is 12.5 Å². The fourth-order valence-electron chi connectivity index (χ4n) is 2.06. The molecule has 0 amide bonds. The molecule has 0 aliphatic rings. The molecule has 0 saturated carbocycles. The summed E-state index contributed by atoms with van der Waals surface area (Å²) in [4.78, 5) is 0. The second-order valence-corrected chi connectivity index (χ2v) is 5.24. The monoisotopic (exact) mass is 344 g/mol. The summed E-state index contributed by atoms with van der Waals surface area (Å²) < 4.78 is 45.4. The quantitative estimate of drug-likeness (QED) is 0.784. The SMILES string of the molecule is COCC(c1cc(F)cc(F)c1)c1ccc(F)c(Br)c1. The number of halogens is 4. The Morgan fingerprint density at radius 3 is 2.20 bits per heavy atom. The molecule has 2 aromatic rings. The predicted molar refractivity (Wildman–Crippen MR) is 74.2 cm³/mol. The second kappa shape index (κ2) is 6.41.